The van der Waals surface area contributed by atoms with Gasteiger partial charge in [0.1, 0.15) is 0 Å². The lowest BCUT2D eigenvalue weighted by Gasteiger charge is -2.20. The van der Waals surface area contributed by atoms with E-state index in [1.807, 2.05) is 0 Å². The highest BCUT2D eigenvalue weighted by molar-refractivity contribution is 7.89. The van der Waals surface area contributed by atoms with Gasteiger partial charge in [0.2, 0.25) is 15.9 Å². The zero-order valence-corrected chi connectivity index (χ0v) is 17.6. The normalized spacial score (nSPS) is 19.0. The van der Waals surface area contributed by atoms with Gasteiger partial charge in [-0.2, -0.15) is 0 Å². The molecule has 0 radical (unpaired) electrons. The molecule has 0 spiro atoms. The molecular formula is C20H33N3O3S. The SMILES string of the molecule is CCCC1CCCN(CC(=O)NCc2ccccc2S(=O)(=O)N(C)C)CC1. The average molecular weight is 396 g/mol. The Morgan fingerprint density at radius 3 is 2.67 bits per heavy atom. The van der Waals surface area contributed by atoms with Gasteiger partial charge in [-0.25, -0.2) is 12.7 Å². The standard InChI is InChI=1S/C20H33N3O3S/c1-4-8-17-9-7-13-23(14-12-17)16-20(24)21-15-18-10-5-6-11-19(18)27(25,26)22(2)3/h5-6,10-11,17H,4,7-9,12-16H2,1-3H3,(H,21,24). The van der Waals surface area contributed by atoms with Crippen molar-refractivity contribution < 1.29 is 13.2 Å². The van der Waals surface area contributed by atoms with Gasteiger partial charge in [0.25, 0.3) is 0 Å². The van der Waals surface area contributed by atoms with E-state index in [1.54, 1.807) is 24.3 Å². The van der Waals surface area contributed by atoms with Crippen LogP contribution >= 0.6 is 0 Å². The molecule has 2 rings (SSSR count). The topological polar surface area (TPSA) is 69.7 Å². The van der Waals surface area contributed by atoms with Crippen molar-refractivity contribution in [2.75, 3.05) is 33.7 Å². The summed E-state index contributed by atoms with van der Waals surface area (Å²) >= 11 is 0. The molecule has 1 aliphatic rings. The first-order chi connectivity index (χ1) is 12.8. The van der Waals surface area contributed by atoms with Crippen LogP contribution in [0.5, 0.6) is 0 Å². The van der Waals surface area contributed by atoms with Crippen molar-refractivity contribution in [3.05, 3.63) is 29.8 Å². The highest BCUT2D eigenvalue weighted by Crippen LogP contribution is 2.22. The van der Waals surface area contributed by atoms with E-state index >= 15 is 0 Å². The van der Waals surface area contributed by atoms with Gasteiger partial charge >= 0.3 is 0 Å². The fraction of sp³-hybridized carbons (Fsp3) is 0.650. The van der Waals surface area contributed by atoms with Crippen molar-refractivity contribution in [3.8, 4) is 0 Å². The van der Waals surface area contributed by atoms with Crippen LogP contribution in [-0.4, -0.2) is 57.3 Å². The number of hydrogen-bond donors (Lipinski definition) is 1. The van der Waals surface area contributed by atoms with Crippen LogP contribution in [0.15, 0.2) is 29.2 Å². The molecule has 1 aliphatic heterocycles. The lowest BCUT2D eigenvalue weighted by atomic mass is 9.96. The van der Waals surface area contributed by atoms with Crippen molar-refractivity contribution in [1.29, 1.82) is 0 Å². The Hall–Kier alpha value is -1.44. The Morgan fingerprint density at radius 2 is 1.96 bits per heavy atom. The van der Waals surface area contributed by atoms with Crippen LogP contribution in [0.2, 0.25) is 0 Å². The van der Waals surface area contributed by atoms with E-state index in [1.165, 1.54) is 37.7 Å². The molecule has 7 heteroatoms. The second-order valence-electron chi connectivity index (χ2n) is 7.53. The molecule has 1 aromatic carbocycles. The Labute approximate surface area is 164 Å². The minimum absolute atomic E-state index is 0.0546. The first-order valence-electron chi connectivity index (χ1n) is 9.84. The van der Waals surface area contributed by atoms with Crippen LogP contribution in [0.4, 0.5) is 0 Å². The van der Waals surface area contributed by atoms with E-state index in [4.69, 9.17) is 0 Å². The molecule has 27 heavy (non-hydrogen) atoms. The molecule has 1 unspecified atom stereocenters. The van der Waals surface area contributed by atoms with E-state index < -0.39 is 10.0 Å². The molecule has 0 aromatic heterocycles. The van der Waals surface area contributed by atoms with Crippen LogP contribution in [0.1, 0.15) is 44.6 Å². The van der Waals surface area contributed by atoms with Crippen molar-refractivity contribution in [3.63, 3.8) is 0 Å². The summed E-state index contributed by atoms with van der Waals surface area (Å²) in [5, 5.41) is 2.89. The number of sulfonamides is 1. The molecule has 0 aliphatic carbocycles. The highest BCUT2D eigenvalue weighted by Gasteiger charge is 2.22. The zero-order chi connectivity index (χ0) is 19.9. The fourth-order valence-electron chi connectivity index (χ4n) is 3.63. The van der Waals surface area contributed by atoms with Gasteiger partial charge in [0.15, 0.2) is 0 Å². The molecule has 6 nitrogen and oxygen atoms in total. The number of amides is 1. The summed E-state index contributed by atoms with van der Waals surface area (Å²) in [5.74, 6) is 0.729. The van der Waals surface area contributed by atoms with Gasteiger partial charge < -0.3 is 5.32 Å². The summed E-state index contributed by atoms with van der Waals surface area (Å²) in [7, 11) is -0.508. The quantitative estimate of drug-likeness (QED) is 0.734. The monoisotopic (exact) mass is 395 g/mol. The largest absolute Gasteiger partial charge is 0.351 e. The lowest BCUT2D eigenvalue weighted by Crippen LogP contribution is -2.37. The maximum absolute atomic E-state index is 12.4. The Morgan fingerprint density at radius 1 is 1.22 bits per heavy atom. The number of carbonyl (C=O) groups is 1. The Balaban J connectivity index is 1.91. The van der Waals surface area contributed by atoms with Crippen LogP contribution in [-0.2, 0) is 21.4 Å². The maximum atomic E-state index is 12.4. The molecule has 1 atom stereocenters. The summed E-state index contributed by atoms with van der Waals surface area (Å²) in [6, 6.07) is 6.82. The van der Waals surface area contributed by atoms with E-state index in [-0.39, 0.29) is 17.3 Å². The van der Waals surface area contributed by atoms with Crippen molar-refractivity contribution in [2.24, 2.45) is 5.92 Å². The van der Waals surface area contributed by atoms with E-state index in [0.717, 1.165) is 31.8 Å². The Bertz CT molecular complexity index is 719. The third-order valence-corrected chi connectivity index (χ3v) is 7.13. The molecule has 1 fully saturated rings. The van der Waals surface area contributed by atoms with Gasteiger partial charge in [-0.3, -0.25) is 9.69 Å². The van der Waals surface area contributed by atoms with Crippen molar-refractivity contribution in [2.45, 2.75) is 50.5 Å². The summed E-state index contributed by atoms with van der Waals surface area (Å²) in [5.41, 5.74) is 0.610. The van der Waals surface area contributed by atoms with E-state index in [2.05, 4.69) is 17.1 Å². The number of hydrogen-bond acceptors (Lipinski definition) is 4. The average Bonchev–Trinajstić information content (AvgIpc) is 2.85. The van der Waals surface area contributed by atoms with E-state index in [9.17, 15) is 13.2 Å². The first kappa shape index (κ1) is 21.9. The third-order valence-electron chi connectivity index (χ3n) is 5.21. The number of rotatable bonds is 8. The molecule has 152 valence electrons. The summed E-state index contributed by atoms with van der Waals surface area (Å²) in [6.45, 7) is 4.74. The van der Waals surface area contributed by atoms with Crippen LogP contribution < -0.4 is 5.32 Å². The van der Waals surface area contributed by atoms with Gasteiger partial charge in [-0.15, -0.1) is 0 Å². The molecule has 0 bridgehead atoms. The molecule has 1 N–H and O–H groups in total. The molecule has 1 aromatic rings. The van der Waals surface area contributed by atoms with Gasteiger partial charge in [0, 0.05) is 20.6 Å². The summed E-state index contributed by atoms with van der Waals surface area (Å²) in [6.07, 6.45) is 6.05. The molecule has 1 saturated heterocycles. The van der Waals surface area contributed by atoms with Gasteiger partial charge in [-0.1, -0.05) is 38.0 Å². The molecule has 1 amide bonds. The smallest absolute Gasteiger partial charge is 0.242 e. The fourth-order valence-corrected chi connectivity index (χ4v) is 4.75. The van der Waals surface area contributed by atoms with Gasteiger partial charge in [-0.05, 0) is 49.9 Å². The number of likely N-dealkylation sites (tertiary alicyclic amines) is 1. The second kappa shape index (κ2) is 10.2. The second-order valence-corrected chi connectivity index (χ2v) is 9.65. The molecule has 0 saturated carbocycles. The number of benzene rings is 1. The summed E-state index contributed by atoms with van der Waals surface area (Å²) < 4.78 is 26.1. The molecule has 1 heterocycles. The summed E-state index contributed by atoms with van der Waals surface area (Å²) in [4.78, 5) is 14.8. The highest BCUT2D eigenvalue weighted by atomic mass is 32.2. The third kappa shape index (κ3) is 6.30. The van der Waals surface area contributed by atoms with Crippen LogP contribution in [0.3, 0.4) is 0 Å². The van der Waals surface area contributed by atoms with Gasteiger partial charge in [0.05, 0.1) is 11.4 Å². The van der Waals surface area contributed by atoms with Crippen LogP contribution in [0, 0.1) is 5.92 Å². The predicted octanol–water partition coefficient (Wildman–Crippen LogP) is 2.46. The predicted molar refractivity (Wildman–Crippen MR) is 108 cm³/mol. The lowest BCUT2D eigenvalue weighted by molar-refractivity contribution is -0.122. The van der Waals surface area contributed by atoms with Crippen molar-refractivity contribution >= 4 is 15.9 Å². The minimum atomic E-state index is -3.53. The van der Waals surface area contributed by atoms with Crippen LogP contribution in [0.25, 0.3) is 0 Å². The Kier molecular flexibility index (Phi) is 8.26. The number of nitrogens with zero attached hydrogens (tertiary/aromatic N) is 2. The van der Waals surface area contributed by atoms with E-state index in [0.29, 0.717) is 12.1 Å². The maximum Gasteiger partial charge on any atom is 0.242 e. The van der Waals surface area contributed by atoms with Crippen molar-refractivity contribution in [1.82, 2.24) is 14.5 Å². The first-order valence-corrected chi connectivity index (χ1v) is 11.3. The zero-order valence-electron chi connectivity index (χ0n) is 16.8. The number of carbonyl (C=O) groups excluding carboxylic acids is 1. The minimum Gasteiger partial charge on any atom is -0.351 e. The number of nitrogens with one attached hydrogen (secondary N) is 1. The molecular weight excluding hydrogens is 362 g/mol.